The van der Waals surface area contributed by atoms with Crippen molar-refractivity contribution in [3.63, 3.8) is 0 Å². The summed E-state index contributed by atoms with van der Waals surface area (Å²) in [6, 6.07) is 0.483. The number of rotatable bonds is 2. The molecule has 2 rings (SSSR count). The molecule has 1 unspecified atom stereocenters. The zero-order valence-corrected chi connectivity index (χ0v) is 15.2. The molecule has 1 atom stereocenters. The lowest BCUT2D eigenvalue weighted by Gasteiger charge is -2.49. The molecule has 1 aliphatic heterocycles. The molecule has 4 nitrogen and oxygen atoms in total. The summed E-state index contributed by atoms with van der Waals surface area (Å²) in [4.78, 5) is 2.55. The number of piperazine rings is 1. The normalized spacial score (nSPS) is 23.5. The molecule has 21 heavy (non-hydrogen) atoms. The average Bonchev–Trinajstić information content (AvgIpc) is 2.53. The molecular formula is C16H29ClN4. The van der Waals surface area contributed by atoms with Gasteiger partial charge in [-0.15, -0.1) is 0 Å². The van der Waals surface area contributed by atoms with Crippen LogP contribution in [0.25, 0.3) is 0 Å². The molecule has 1 aliphatic rings. The highest BCUT2D eigenvalue weighted by Crippen LogP contribution is 2.31. The molecule has 1 N–H and O–H groups in total. The first-order chi connectivity index (χ1) is 9.51. The highest BCUT2D eigenvalue weighted by molar-refractivity contribution is 6.31. The Balaban J connectivity index is 2.28. The second-order valence-electron chi connectivity index (χ2n) is 8.02. The van der Waals surface area contributed by atoms with E-state index in [2.05, 4.69) is 49.9 Å². The summed E-state index contributed by atoms with van der Waals surface area (Å²) in [5, 5.41) is 8.92. The lowest BCUT2D eigenvalue weighted by atomic mass is 9.82. The van der Waals surface area contributed by atoms with Crippen molar-refractivity contribution in [2.75, 3.05) is 13.1 Å². The number of aromatic nitrogens is 2. The lowest BCUT2D eigenvalue weighted by molar-refractivity contribution is 0.0256. The number of nitrogens with one attached hydrogen (secondary N) is 1. The SMILES string of the molecule is Cc1nn(C)c(CN2CC(C)(C)NCC2C(C)(C)C)c1Cl. The van der Waals surface area contributed by atoms with Crippen LogP contribution in [0.3, 0.4) is 0 Å². The minimum absolute atomic E-state index is 0.127. The standard InChI is InChI=1S/C16H29ClN4/c1-11-14(17)12(20(7)19-11)9-21-10-16(5,6)18-8-13(21)15(2,3)4/h13,18H,8-10H2,1-7H3. The average molecular weight is 313 g/mol. The first-order valence-corrected chi connectivity index (χ1v) is 8.06. The van der Waals surface area contributed by atoms with Crippen LogP contribution in [0.1, 0.15) is 46.0 Å². The van der Waals surface area contributed by atoms with E-state index in [9.17, 15) is 0 Å². The predicted octanol–water partition coefficient (Wildman–Crippen LogP) is 2.98. The zero-order chi connectivity index (χ0) is 16.0. The monoisotopic (exact) mass is 312 g/mol. The second kappa shape index (κ2) is 5.56. The van der Waals surface area contributed by atoms with Crippen LogP contribution in [0.5, 0.6) is 0 Å². The van der Waals surface area contributed by atoms with Crippen LogP contribution in [-0.4, -0.2) is 39.4 Å². The van der Waals surface area contributed by atoms with E-state index in [-0.39, 0.29) is 11.0 Å². The van der Waals surface area contributed by atoms with Crippen molar-refractivity contribution < 1.29 is 0 Å². The minimum Gasteiger partial charge on any atom is -0.309 e. The molecule has 0 radical (unpaired) electrons. The summed E-state index contributed by atoms with van der Waals surface area (Å²) in [6.07, 6.45) is 0. The lowest BCUT2D eigenvalue weighted by Crippen LogP contribution is -2.64. The Morgan fingerprint density at radius 2 is 2.00 bits per heavy atom. The summed E-state index contributed by atoms with van der Waals surface area (Å²) in [5.41, 5.74) is 2.38. The van der Waals surface area contributed by atoms with Crippen molar-refractivity contribution >= 4 is 11.6 Å². The summed E-state index contributed by atoms with van der Waals surface area (Å²) in [7, 11) is 1.98. The minimum atomic E-state index is 0.127. The Hall–Kier alpha value is -0.580. The van der Waals surface area contributed by atoms with Crippen LogP contribution in [0, 0.1) is 12.3 Å². The summed E-state index contributed by atoms with van der Waals surface area (Å²) < 4.78 is 1.92. The molecule has 0 spiro atoms. The van der Waals surface area contributed by atoms with Gasteiger partial charge in [0.1, 0.15) is 0 Å². The van der Waals surface area contributed by atoms with Crippen LogP contribution in [0.4, 0.5) is 0 Å². The van der Waals surface area contributed by atoms with E-state index in [4.69, 9.17) is 11.6 Å². The van der Waals surface area contributed by atoms with Crippen molar-refractivity contribution in [3.05, 3.63) is 16.4 Å². The first-order valence-electron chi connectivity index (χ1n) is 7.68. The summed E-state index contributed by atoms with van der Waals surface area (Å²) >= 11 is 6.44. The van der Waals surface area contributed by atoms with Gasteiger partial charge in [-0.05, 0) is 26.2 Å². The molecule has 1 fully saturated rings. The second-order valence-corrected chi connectivity index (χ2v) is 8.40. The van der Waals surface area contributed by atoms with Gasteiger partial charge < -0.3 is 5.32 Å². The maximum atomic E-state index is 6.44. The number of aryl methyl sites for hydroxylation is 2. The molecule has 120 valence electrons. The molecule has 0 aromatic carbocycles. The maximum absolute atomic E-state index is 6.44. The van der Waals surface area contributed by atoms with E-state index >= 15 is 0 Å². The van der Waals surface area contributed by atoms with E-state index in [0.717, 1.165) is 36.0 Å². The van der Waals surface area contributed by atoms with E-state index in [1.54, 1.807) is 0 Å². The fourth-order valence-electron chi connectivity index (χ4n) is 3.24. The van der Waals surface area contributed by atoms with Gasteiger partial charge in [0.15, 0.2) is 0 Å². The summed E-state index contributed by atoms with van der Waals surface area (Å²) in [6.45, 7) is 16.3. The van der Waals surface area contributed by atoms with Crippen LogP contribution in [0.2, 0.25) is 5.02 Å². The third kappa shape index (κ3) is 3.61. The van der Waals surface area contributed by atoms with Gasteiger partial charge in [0, 0.05) is 38.3 Å². The van der Waals surface area contributed by atoms with Gasteiger partial charge in [-0.3, -0.25) is 9.58 Å². The van der Waals surface area contributed by atoms with Gasteiger partial charge >= 0.3 is 0 Å². The largest absolute Gasteiger partial charge is 0.309 e. The van der Waals surface area contributed by atoms with Gasteiger partial charge in [0.05, 0.1) is 16.4 Å². The van der Waals surface area contributed by atoms with Crippen molar-refractivity contribution in [2.45, 2.75) is 59.7 Å². The van der Waals surface area contributed by atoms with Gasteiger partial charge in [-0.25, -0.2) is 0 Å². The number of nitrogens with zero attached hydrogens (tertiary/aromatic N) is 3. The first kappa shape index (κ1) is 16.8. The molecular weight excluding hydrogens is 284 g/mol. The molecule has 1 aromatic rings. The number of hydrogen-bond donors (Lipinski definition) is 1. The zero-order valence-electron chi connectivity index (χ0n) is 14.4. The highest BCUT2D eigenvalue weighted by atomic mass is 35.5. The summed E-state index contributed by atoms with van der Waals surface area (Å²) in [5.74, 6) is 0. The Morgan fingerprint density at radius 1 is 1.38 bits per heavy atom. The maximum Gasteiger partial charge on any atom is 0.0860 e. The van der Waals surface area contributed by atoms with Gasteiger partial charge in [0.25, 0.3) is 0 Å². The fraction of sp³-hybridized carbons (Fsp3) is 0.812. The van der Waals surface area contributed by atoms with E-state index in [0.29, 0.717) is 6.04 Å². The molecule has 0 amide bonds. The third-order valence-electron chi connectivity index (χ3n) is 4.43. The molecule has 0 aliphatic carbocycles. The topological polar surface area (TPSA) is 33.1 Å². The third-order valence-corrected chi connectivity index (χ3v) is 4.92. The van der Waals surface area contributed by atoms with Crippen molar-refractivity contribution in [1.82, 2.24) is 20.0 Å². The Kier molecular flexibility index (Phi) is 4.45. The van der Waals surface area contributed by atoms with Gasteiger partial charge in [-0.1, -0.05) is 32.4 Å². The van der Waals surface area contributed by atoms with Crippen LogP contribution in [0.15, 0.2) is 0 Å². The van der Waals surface area contributed by atoms with Gasteiger partial charge in [-0.2, -0.15) is 5.10 Å². The molecule has 1 aromatic heterocycles. The Bertz CT molecular complexity index is 513. The number of halogens is 1. The van der Waals surface area contributed by atoms with E-state index in [1.807, 2.05) is 18.7 Å². The van der Waals surface area contributed by atoms with Crippen molar-refractivity contribution in [1.29, 1.82) is 0 Å². The quantitative estimate of drug-likeness (QED) is 0.911. The van der Waals surface area contributed by atoms with E-state index < -0.39 is 0 Å². The smallest absolute Gasteiger partial charge is 0.0860 e. The molecule has 0 bridgehead atoms. The van der Waals surface area contributed by atoms with Crippen LogP contribution < -0.4 is 5.32 Å². The highest BCUT2D eigenvalue weighted by Gasteiger charge is 2.38. The Morgan fingerprint density at radius 3 is 2.48 bits per heavy atom. The fourth-order valence-corrected chi connectivity index (χ4v) is 3.46. The van der Waals surface area contributed by atoms with Crippen molar-refractivity contribution in [2.24, 2.45) is 12.5 Å². The molecule has 2 heterocycles. The molecule has 5 heteroatoms. The predicted molar refractivity (Wildman–Crippen MR) is 88.7 cm³/mol. The number of hydrogen-bond acceptors (Lipinski definition) is 3. The Labute approximate surface area is 133 Å². The van der Waals surface area contributed by atoms with Crippen molar-refractivity contribution in [3.8, 4) is 0 Å². The molecule has 0 saturated carbocycles. The molecule has 1 saturated heterocycles. The van der Waals surface area contributed by atoms with Gasteiger partial charge in [0.2, 0.25) is 0 Å². The van der Waals surface area contributed by atoms with E-state index in [1.165, 1.54) is 0 Å². The van der Waals surface area contributed by atoms with Crippen LogP contribution >= 0.6 is 11.6 Å². The van der Waals surface area contributed by atoms with Crippen LogP contribution in [-0.2, 0) is 13.6 Å².